The highest BCUT2D eigenvalue weighted by Crippen LogP contribution is 2.22. The molecule has 0 amide bonds. The standard InChI is InChI=1S/C7H4N2O3/c10-9(11)7-3-5-4-8-2-1-6(5)12-7/h1-4H. The van der Waals surface area contributed by atoms with E-state index < -0.39 is 4.92 Å². The normalized spacial score (nSPS) is 10.3. The lowest BCUT2D eigenvalue weighted by molar-refractivity contribution is -0.401. The highest BCUT2D eigenvalue weighted by Gasteiger charge is 2.12. The number of nitro groups is 1. The Balaban J connectivity index is 2.70. The first-order valence-electron chi connectivity index (χ1n) is 3.25. The summed E-state index contributed by atoms with van der Waals surface area (Å²) in [5, 5.41) is 10.9. The Hall–Kier alpha value is -1.91. The lowest BCUT2D eigenvalue weighted by Gasteiger charge is -1.81. The van der Waals surface area contributed by atoms with Gasteiger partial charge < -0.3 is 4.42 Å². The van der Waals surface area contributed by atoms with Crippen molar-refractivity contribution >= 4 is 16.9 Å². The molecule has 2 aromatic heterocycles. The predicted octanol–water partition coefficient (Wildman–Crippen LogP) is 1.74. The monoisotopic (exact) mass is 164 g/mol. The van der Waals surface area contributed by atoms with E-state index in [0.717, 1.165) is 0 Å². The molecule has 0 radical (unpaired) electrons. The number of nitrogens with zero attached hydrogens (tertiary/aromatic N) is 2. The molecule has 0 aliphatic carbocycles. The molecule has 0 bridgehead atoms. The smallest absolute Gasteiger partial charge is 0.401 e. The van der Waals surface area contributed by atoms with Gasteiger partial charge in [-0.05, 0) is 6.07 Å². The van der Waals surface area contributed by atoms with E-state index in [1.54, 1.807) is 6.07 Å². The summed E-state index contributed by atoms with van der Waals surface area (Å²) in [6.45, 7) is 0. The number of furan rings is 1. The molecule has 0 N–H and O–H groups in total. The molecule has 0 atom stereocenters. The van der Waals surface area contributed by atoms with Gasteiger partial charge in [0.25, 0.3) is 0 Å². The number of aromatic nitrogens is 1. The number of fused-ring (bicyclic) bond motifs is 1. The van der Waals surface area contributed by atoms with E-state index in [1.165, 1.54) is 18.5 Å². The maximum absolute atomic E-state index is 10.3. The van der Waals surface area contributed by atoms with Crippen molar-refractivity contribution in [2.24, 2.45) is 0 Å². The Labute approximate surface area is 66.8 Å². The fraction of sp³-hybridized carbons (Fsp3) is 0. The Morgan fingerprint density at radius 1 is 1.58 bits per heavy atom. The third-order valence-corrected chi connectivity index (χ3v) is 1.48. The Morgan fingerprint density at radius 3 is 3.08 bits per heavy atom. The molecule has 2 rings (SSSR count). The average molecular weight is 164 g/mol. The Bertz CT molecular complexity index is 402. The number of hydrogen-bond donors (Lipinski definition) is 0. The lowest BCUT2D eigenvalue weighted by Crippen LogP contribution is -1.82. The van der Waals surface area contributed by atoms with Gasteiger partial charge in [-0.15, -0.1) is 0 Å². The van der Waals surface area contributed by atoms with Gasteiger partial charge in [-0.1, -0.05) is 0 Å². The molecule has 0 saturated heterocycles. The van der Waals surface area contributed by atoms with Crippen molar-refractivity contribution < 1.29 is 9.34 Å². The fourth-order valence-corrected chi connectivity index (χ4v) is 0.960. The summed E-state index contributed by atoms with van der Waals surface area (Å²) in [5.74, 6) is -0.252. The van der Waals surface area contributed by atoms with Gasteiger partial charge in [-0.2, -0.15) is 0 Å². The van der Waals surface area contributed by atoms with Crippen LogP contribution >= 0.6 is 0 Å². The molecule has 5 nitrogen and oxygen atoms in total. The highest BCUT2D eigenvalue weighted by molar-refractivity contribution is 5.78. The SMILES string of the molecule is O=[N+]([O-])c1cc2cnccc2o1. The van der Waals surface area contributed by atoms with Gasteiger partial charge in [0.05, 0.1) is 6.07 Å². The van der Waals surface area contributed by atoms with E-state index >= 15 is 0 Å². The molecule has 60 valence electrons. The van der Waals surface area contributed by atoms with Crippen LogP contribution in [0.1, 0.15) is 0 Å². The van der Waals surface area contributed by atoms with Crippen molar-refractivity contribution in [3.05, 3.63) is 34.6 Å². The van der Waals surface area contributed by atoms with Crippen molar-refractivity contribution in [3.8, 4) is 0 Å². The first kappa shape index (κ1) is 6.78. The Morgan fingerprint density at radius 2 is 2.42 bits per heavy atom. The van der Waals surface area contributed by atoms with Crippen molar-refractivity contribution in [1.82, 2.24) is 4.98 Å². The zero-order chi connectivity index (χ0) is 8.55. The fourth-order valence-electron chi connectivity index (χ4n) is 0.960. The average Bonchev–Trinajstić information content (AvgIpc) is 2.46. The predicted molar refractivity (Wildman–Crippen MR) is 40.7 cm³/mol. The zero-order valence-corrected chi connectivity index (χ0v) is 5.93. The zero-order valence-electron chi connectivity index (χ0n) is 5.93. The number of hydrogen-bond acceptors (Lipinski definition) is 4. The summed E-state index contributed by atoms with van der Waals surface area (Å²) in [6.07, 6.45) is 3.04. The number of rotatable bonds is 1. The molecule has 0 saturated carbocycles. The summed E-state index contributed by atoms with van der Waals surface area (Å²) in [5.41, 5.74) is 0.483. The summed E-state index contributed by atoms with van der Waals surface area (Å²) >= 11 is 0. The topological polar surface area (TPSA) is 69.2 Å². The van der Waals surface area contributed by atoms with Crippen molar-refractivity contribution in [1.29, 1.82) is 0 Å². The van der Waals surface area contributed by atoms with Gasteiger partial charge in [0, 0.05) is 17.8 Å². The van der Waals surface area contributed by atoms with E-state index in [4.69, 9.17) is 4.42 Å². The van der Waals surface area contributed by atoms with Gasteiger partial charge in [0.1, 0.15) is 10.5 Å². The van der Waals surface area contributed by atoms with Crippen LogP contribution in [-0.2, 0) is 0 Å². The van der Waals surface area contributed by atoms with E-state index in [0.29, 0.717) is 11.0 Å². The molecule has 0 aromatic carbocycles. The van der Waals surface area contributed by atoms with Crippen LogP contribution in [0.25, 0.3) is 11.0 Å². The molecule has 0 aliphatic heterocycles. The van der Waals surface area contributed by atoms with Gasteiger partial charge in [-0.25, -0.2) is 0 Å². The molecule has 2 aromatic rings. The van der Waals surface area contributed by atoms with Crippen molar-refractivity contribution in [2.45, 2.75) is 0 Å². The molecule has 0 aliphatic rings. The quantitative estimate of drug-likeness (QED) is 0.475. The molecule has 5 heteroatoms. The van der Waals surface area contributed by atoms with Crippen LogP contribution in [0.5, 0.6) is 0 Å². The molecule has 12 heavy (non-hydrogen) atoms. The number of pyridine rings is 1. The second-order valence-electron chi connectivity index (χ2n) is 2.26. The first-order valence-corrected chi connectivity index (χ1v) is 3.25. The maximum atomic E-state index is 10.3. The second kappa shape index (κ2) is 2.30. The van der Waals surface area contributed by atoms with E-state index in [1.807, 2.05) is 0 Å². The minimum Gasteiger partial charge on any atom is -0.401 e. The van der Waals surface area contributed by atoms with Gasteiger partial charge in [-0.3, -0.25) is 15.1 Å². The van der Waals surface area contributed by atoms with Crippen LogP contribution in [0, 0.1) is 10.1 Å². The van der Waals surface area contributed by atoms with Crippen LogP contribution < -0.4 is 0 Å². The summed E-state index contributed by atoms with van der Waals surface area (Å²) in [7, 11) is 0. The van der Waals surface area contributed by atoms with Gasteiger partial charge in [0.15, 0.2) is 0 Å². The van der Waals surface area contributed by atoms with Crippen LogP contribution in [0.15, 0.2) is 28.9 Å². The van der Waals surface area contributed by atoms with Crippen molar-refractivity contribution in [3.63, 3.8) is 0 Å². The lowest BCUT2D eigenvalue weighted by atomic mass is 10.3. The molecule has 0 unspecified atom stereocenters. The molecule has 0 spiro atoms. The third-order valence-electron chi connectivity index (χ3n) is 1.48. The molecule has 0 fully saturated rings. The Kier molecular flexibility index (Phi) is 1.30. The summed E-state index contributed by atoms with van der Waals surface area (Å²) in [6, 6.07) is 2.94. The van der Waals surface area contributed by atoms with Gasteiger partial charge in [0.2, 0.25) is 0 Å². The summed E-state index contributed by atoms with van der Waals surface area (Å²) < 4.78 is 4.89. The minimum atomic E-state index is -0.569. The highest BCUT2D eigenvalue weighted by atomic mass is 16.6. The van der Waals surface area contributed by atoms with Crippen molar-refractivity contribution in [2.75, 3.05) is 0 Å². The molecular weight excluding hydrogens is 160 g/mol. The third kappa shape index (κ3) is 0.914. The van der Waals surface area contributed by atoms with E-state index in [9.17, 15) is 10.1 Å². The van der Waals surface area contributed by atoms with Crippen LogP contribution in [-0.4, -0.2) is 9.91 Å². The van der Waals surface area contributed by atoms with Crippen LogP contribution in [0.4, 0.5) is 5.88 Å². The maximum Gasteiger partial charge on any atom is 0.434 e. The largest absolute Gasteiger partial charge is 0.434 e. The van der Waals surface area contributed by atoms with Crippen LogP contribution in [0.3, 0.4) is 0 Å². The van der Waals surface area contributed by atoms with E-state index in [-0.39, 0.29) is 5.88 Å². The first-order chi connectivity index (χ1) is 5.77. The minimum absolute atomic E-state index is 0.252. The van der Waals surface area contributed by atoms with Gasteiger partial charge >= 0.3 is 5.88 Å². The van der Waals surface area contributed by atoms with E-state index in [2.05, 4.69) is 4.98 Å². The molecule has 2 heterocycles. The second-order valence-corrected chi connectivity index (χ2v) is 2.26. The van der Waals surface area contributed by atoms with Crippen LogP contribution in [0.2, 0.25) is 0 Å². The molecular formula is C7H4N2O3. The summed E-state index contributed by atoms with van der Waals surface area (Å²) in [4.78, 5) is 13.5.